The van der Waals surface area contributed by atoms with Crippen LogP contribution in [0.15, 0.2) is 30.3 Å². The number of benzene rings is 1. The van der Waals surface area contributed by atoms with Gasteiger partial charge in [0.05, 0.1) is 19.8 Å². The summed E-state index contributed by atoms with van der Waals surface area (Å²) in [6.45, 7) is 6.67. The Morgan fingerprint density at radius 1 is 1.10 bits per heavy atom. The van der Waals surface area contributed by atoms with Crippen molar-refractivity contribution in [3.05, 3.63) is 35.9 Å². The molecule has 2 heterocycles. The van der Waals surface area contributed by atoms with E-state index in [-0.39, 0.29) is 0 Å². The van der Waals surface area contributed by atoms with Crippen molar-refractivity contribution in [3.8, 4) is 0 Å². The smallest absolute Gasteiger partial charge is 0.0620 e. The molecule has 2 saturated heterocycles. The molecular formula is C17H26N2O2. The van der Waals surface area contributed by atoms with Gasteiger partial charge in [-0.2, -0.15) is 0 Å². The van der Waals surface area contributed by atoms with Gasteiger partial charge in [-0.15, -0.1) is 0 Å². The molecule has 21 heavy (non-hydrogen) atoms. The predicted octanol–water partition coefficient (Wildman–Crippen LogP) is 1.31. The molecule has 0 aliphatic carbocycles. The van der Waals surface area contributed by atoms with Crippen molar-refractivity contribution in [2.24, 2.45) is 0 Å². The van der Waals surface area contributed by atoms with E-state index in [1.807, 2.05) is 0 Å². The monoisotopic (exact) mass is 290 g/mol. The number of nitrogens with zero attached hydrogens (tertiary/aromatic N) is 1. The van der Waals surface area contributed by atoms with Crippen LogP contribution < -0.4 is 5.32 Å². The van der Waals surface area contributed by atoms with Gasteiger partial charge in [-0.05, 0) is 18.4 Å². The van der Waals surface area contributed by atoms with E-state index in [9.17, 15) is 0 Å². The number of nitrogens with one attached hydrogen (secondary N) is 1. The zero-order valence-electron chi connectivity index (χ0n) is 12.7. The summed E-state index contributed by atoms with van der Waals surface area (Å²) in [7, 11) is 0. The van der Waals surface area contributed by atoms with Gasteiger partial charge in [-0.3, -0.25) is 4.90 Å². The van der Waals surface area contributed by atoms with Gasteiger partial charge >= 0.3 is 0 Å². The fraction of sp³-hybridized carbons (Fsp3) is 0.647. The van der Waals surface area contributed by atoms with Crippen molar-refractivity contribution in [3.63, 3.8) is 0 Å². The van der Waals surface area contributed by atoms with E-state index in [0.29, 0.717) is 12.1 Å². The highest BCUT2D eigenvalue weighted by atomic mass is 16.5. The molecule has 2 fully saturated rings. The molecule has 1 aromatic carbocycles. The number of hydrogen-bond acceptors (Lipinski definition) is 4. The van der Waals surface area contributed by atoms with Crippen molar-refractivity contribution in [1.29, 1.82) is 0 Å². The summed E-state index contributed by atoms with van der Waals surface area (Å²) in [5.41, 5.74) is 1.40. The molecule has 0 radical (unpaired) electrons. The van der Waals surface area contributed by atoms with Crippen molar-refractivity contribution in [2.45, 2.75) is 24.9 Å². The van der Waals surface area contributed by atoms with E-state index in [0.717, 1.165) is 58.9 Å². The first-order valence-electron chi connectivity index (χ1n) is 8.08. The first-order valence-corrected chi connectivity index (χ1v) is 8.08. The van der Waals surface area contributed by atoms with Crippen molar-refractivity contribution >= 4 is 0 Å². The number of morpholine rings is 1. The fourth-order valence-electron chi connectivity index (χ4n) is 3.17. The zero-order valence-corrected chi connectivity index (χ0v) is 12.7. The SMILES string of the molecule is c1ccc(C[C@@H](CN2CCOCC2)N[C@H]2CCOC2)cc1. The molecule has 0 bridgehead atoms. The second-order valence-electron chi connectivity index (χ2n) is 6.03. The minimum atomic E-state index is 0.484. The fourth-order valence-corrected chi connectivity index (χ4v) is 3.17. The van der Waals surface area contributed by atoms with Gasteiger partial charge in [0.2, 0.25) is 0 Å². The minimum absolute atomic E-state index is 0.484. The van der Waals surface area contributed by atoms with Crippen molar-refractivity contribution in [1.82, 2.24) is 10.2 Å². The van der Waals surface area contributed by atoms with Crippen molar-refractivity contribution < 1.29 is 9.47 Å². The molecule has 2 atom stereocenters. The van der Waals surface area contributed by atoms with Gasteiger partial charge in [0.15, 0.2) is 0 Å². The van der Waals surface area contributed by atoms with Crippen LogP contribution in [0.4, 0.5) is 0 Å². The van der Waals surface area contributed by atoms with Crippen LogP contribution in [0.3, 0.4) is 0 Å². The Bertz CT molecular complexity index is 401. The lowest BCUT2D eigenvalue weighted by atomic mass is 10.0. The third-order valence-electron chi connectivity index (χ3n) is 4.31. The molecule has 0 aromatic heterocycles. The Labute approximate surface area is 127 Å². The van der Waals surface area contributed by atoms with E-state index in [1.54, 1.807) is 0 Å². The molecule has 0 unspecified atom stereocenters. The average Bonchev–Trinajstić information content (AvgIpc) is 3.02. The maximum atomic E-state index is 5.50. The summed E-state index contributed by atoms with van der Waals surface area (Å²) in [6.07, 6.45) is 2.21. The Hall–Kier alpha value is -0.940. The standard InChI is InChI=1S/C17H26N2O2/c1-2-4-15(5-3-1)12-17(18-16-6-9-21-14-16)13-19-7-10-20-11-8-19/h1-5,16-18H,6-14H2/t16-,17-/m0/s1. The summed E-state index contributed by atoms with van der Waals surface area (Å²) in [6, 6.07) is 11.8. The summed E-state index contributed by atoms with van der Waals surface area (Å²) >= 11 is 0. The lowest BCUT2D eigenvalue weighted by molar-refractivity contribution is 0.0328. The molecule has 0 spiro atoms. The number of rotatable bonds is 6. The van der Waals surface area contributed by atoms with Gasteiger partial charge in [-0.1, -0.05) is 30.3 Å². The number of hydrogen-bond donors (Lipinski definition) is 1. The summed E-state index contributed by atoms with van der Waals surface area (Å²) in [5.74, 6) is 0. The largest absolute Gasteiger partial charge is 0.380 e. The third-order valence-corrected chi connectivity index (χ3v) is 4.31. The van der Waals surface area contributed by atoms with Crippen LogP contribution in [0.1, 0.15) is 12.0 Å². The van der Waals surface area contributed by atoms with Gasteiger partial charge in [0, 0.05) is 38.3 Å². The van der Waals surface area contributed by atoms with Gasteiger partial charge in [0.1, 0.15) is 0 Å². The van der Waals surface area contributed by atoms with E-state index in [1.165, 1.54) is 5.56 Å². The quantitative estimate of drug-likeness (QED) is 0.856. The van der Waals surface area contributed by atoms with E-state index >= 15 is 0 Å². The van der Waals surface area contributed by atoms with Crippen molar-refractivity contribution in [2.75, 3.05) is 46.1 Å². The second-order valence-corrected chi connectivity index (χ2v) is 6.03. The Morgan fingerprint density at radius 3 is 2.62 bits per heavy atom. The Kier molecular flexibility index (Phi) is 5.63. The normalized spacial score (nSPS) is 25.0. The van der Waals surface area contributed by atoms with Crippen LogP contribution >= 0.6 is 0 Å². The van der Waals surface area contributed by atoms with Gasteiger partial charge in [0.25, 0.3) is 0 Å². The molecule has 2 aliphatic rings. The first kappa shape index (κ1) is 15.0. The van der Waals surface area contributed by atoms with Crippen LogP contribution in [-0.2, 0) is 15.9 Å². The first-order chi connectivity index (χ1) is 10.4. The van der Waals surface area contributed by atoms with Crippen LogP contribution in [0.5, 0.6) is 0 Å². The van der Waals surface area contributed by atoms with E-state index in [2.05, 4.69) is 40.5 Å². The zero-order chi connectivity index (χ0) is 14.3. The molecule has 4 nitrogen and oxygen atoms in total. The summed E-state index contributed by atoms with van der Waals surface area (Å²) < 4.78 is 11.0. The number of ether oxygens (including phenoxy) is 2. The molecule has 0 amide bonds. The predicted molar refractivity (Wildman–Crippen MR) is 83.6 cm³/mol. The average molecular weight is 290 g/mol. The minimum Gasteiger partial charge on any atom is -0.380 e. The Balaban J connectivity index is 1.58. The molecule has 116 valence electrons. The molecule has 0 saturated carbocycles. The third kappa shape index (κ3) is 4.78. The lowest BCUT2D eigenvalue weighted by Crippen LogP contribution is -2.49. The van der Waals surface area contributed by atoms with Crippen LogP contribution in [0, 0.1) is 0 Å². The van der Waals surface area contributed by atoms with E-state index < -0.39 is 0 Å². The lowest BCUT2D eigenvalue weighted by Gasteiger charge is -2.32. The van der Waals surface area contributed by atoms with Gasteiger partial charge in [-0.25, -0.2) is 0 Å². The highest BCUT2D eigenvalue weighted by molar-refractivity contribution is 5.16. The van der Waals surface area contributed by atoms with Gasteiger partial charge < -0.3 is 14.8 Å². The molecule has 1 aromatic rings. The highest BCUT2D eigenvalue weighted by Gasteiger charge is 2.22. The summed E-state index contributed by atoms with van der Waals surface area (Å²) in [5, 5.41) is 3.80. The highest BCUT2D eigenvalue weighted by Crippen LogP contribution is 2.10. The Morgan fingerprint density at radius 2 is 1.90 bits per heavy atom. The topological polar surface area (TPSA) is 33.7 Å². The maximum absolute atomic E-state index is 5.50. The second kappa shape index (κ2) is 7.90. The molecule has 4 heteroatoms. The van der Waals surface area contributed by atoms with Crippen LogP contribution in [0.25, 0.3) is 0 Å². The molecular weight excluding hydrogens is 264 g/mol. The molecule has 1 N–H and O–H groups in total. The summed E-state index contributed by atoms with van der Waals surface area (Å²) in [4.78, 5) is 2.51. The molecule has 3 rings (SSSR count). The molecule has 2 aliphatic heterocycles. The van der Waals surface area contributed by atoms with Crippen LogP contribution in [-0.4, -0.2) is 63.0 Å². The maximum Gasteiger partial charge on any atom is 0.0620 e. The van der Waals surface area contributed by atoms with Crippen LogP contribution in [0.2, 0.25) is 0 Å². The van der Waals surface area contributed by atoms with E-state index in [4.69, 9.17) is 9.47 Å².